The molecule has 0 atom stereocenters. The van der Waals surface area contributed by atoms with Gasteiger partial charge in [-0.25, -0.2) is 4.57 Å². The van der Waals surface area contributed by atoms with Gasteiger partial charge in [0.2, 0.25) is 5.69 Å². The Bertz CT molecular complexity index is 1150. The minimum Gasteiger partial charge on any atom is -0.455 e. The van der Waals surface area contributed by atoms with Gasteiger partial charge >= 0.3 is 0 Å². The lowest BCUT2D eigenvalue weighted by molar-refractivity contribution is -0.660. The van der Waals surface area contributed by atoms with Crippen molar-refractivity contribution < 1.29 is 8.98 Å². The second-order valence-electron chi connectivity index (χ2n) is 6.18. The first kappa shape index (κ1) is 14.5. The first-order valence-electron chi connectivity index (χ1n) is 7.92. The first-order valence-corrected chi connectivity index (χ1v) is 7.92. The Morgan fingerprint density at radius 2 is 1.79 bits per heavy atom. The van der Waals surface area contributed by atoms with E-state index in [9.17, 15) is 5.26 Å². The maximum absolute atomic E-state index is 9.58. The fraction of sp³-hybridized carbons (Fsp3) is 0.143. The summed E-state index contributed by atoms with van der Waals surface area (Å²) in [5.74, 6) is 0. The third-order valence-corrected chi connectivity index (χ3v) is 4.65. The molecule has 3 heteroatoms. The monoisotopic (exact) mass is 313 g/mol. The minimum atomic E-state index is 0.693. The second kappa shape index (κ2) is 5.21. The average Bonchev–Trinajstić information content (AvgIpc) is 2.94. The van der Waals surface area contributed by atoms with Crippen LogP contribution in [0.5, 0.6) is 0 Å². The van der Waals surface area contributed by atoms with E-state index in [4.69, 9.17) is 4.42 Å². The van der Waals surface area contributed by atoms with Crippen LogP contribution in [0, 0.1) is 25.2 Å². The Kier molecular flexibility index (Phi) is 3.14. The molecule has 0 spiro atoms. The highest BCUT2D eigenvalue weighted by Gasteiger charge is 2.21. The molecule has 0 N–H and O–H groups in total. The van der Waals surface area contributed by atoms with Gasteiger partial charge in [0.25, 0.3) is 0 Å². The highest BCUT2D eigenvalue weighted by molar-refractivity contribution is 6.12. The molecule has 2 aromatic carbocycles. The van der Waals surface area contributed by atoms with Crippen LogP contribution in [-0.4, -0.2) is 0 Å². The molecule has 0 saturated heterocycles. The standard InChI is InChI=1S/C21H17N2O/c1-13-8-10-18-20(16(13)12-22)15-9-7-14(2)19(21(15)24-18)17-6-4-5-11-23(17)3/h4-11H,1-3H3/q+1. The molecule has 0 radical (unpaired) electrons. The number of nitrogens with zero attached hydrogens (tertiary/aromatic N) is 2. The van der Waals surface area contributed by atoms with Crippen molar-refractivity contribution in [3.8, 4) is 17.3 Å². The zero-order chi connectivity index (χ0) is 16.8. The van der Waals surface area contributed by atoms with E-state index in [1.807, 2.05) is 44.4 Å². The Labute approximate surface area is 140 Å². The van der Waals surface area contributed by atoms with Gasteiger partial charge in [-0.15, -0.1) is 0 Å². The lowest BCUT2D eigenvalue weighted by Crippen LogP contribution is -2.30. The topological polar surface area (TPSA) is 40.8 Å². The Morgan fingerprint density at radius 3 is 2.54 bits per heavy atom. The molecule has 4 rings (SSSR count). The third-order valence-electron chi connectivity index (χ3n) is 4.65. The van der Waals surface area contributed by atoms with Crippen molar-refractivity contribution in [1.29, 1.82) is 5.26 Å². The van der Waals surface area contributed by atoms with Crippen LogP contribution in [0.25, 0.3) is 33.2 Å². The second-order valence-corrected chi connectivity index (χ2v) is 6.18. The molecule has 0 aliphatic carbocycles. The molecule has 3 nitrogen and oxygen atoms in total. The molecule has 116 valence electrons. The molecule has 2 aromatic heterocycles. The van der Waals surface area contributed by atoms with Crippen LogP contribution in [0.3, 0.4) is 0 Å². The van der Waals surface area contributed by atoms with Crippen molar-refractivity contribution in [2.45, 2.75) is 13.8 Å². The lowest BCUT2D eigenvalue weighted by Gasteiger charge is -2.05. The van der Waals surface area contributed by atoms with Gasteiger partial charge in [-0.2, -0.15) is 5.26 Å². The number of nitriles is 1. The number of aryl methyl sites for hydroxylation is 3. The van der Waals surface area contributed by atoms with E-state index in [0.717, 1.165) is 44.3 Å². The van der Waals surface area contributed by atoms with E-state index in [-0.39, 0.29) is 0 Å². The van der Waals surface area contributed by atoms with Crippen LogP contribution in [0.15, 0.2) is 53.1 Å². The lowest BCUT2D eigenvalue weighted by atomic mass is 9.98. The molecule has 0 unspecified atom stereocenters. The maximum atomic E-state index is 9.58. The summed E-state index contributed by atoms with van der Waals surface area (Å²) in [4.78, 5) is 0. The van der Waals surface area contributed by atoms with Crippen LogP contribution in [0.1, 0.15) is 16.7 Å². The van der Waals surface area contributed by atoms with Crippen LogP contribution < -0.4 is 4.57 Å². The Balaban J connectivity index is 2.21. The molecule has 24 heavy (non-hydrogen) atoms. The van der Waals surface area contributed by atoms with Gasteiger partial charge in [-0.05, 0) is 37.1 Å². The quantitative estimate of drug-likeness (QED) is 0.483. The molecule has 2 heterocycles. The van der Waals surface area contributed by atoms with Gasteiger partial charge in [-0.1, -0.05) is 18.2 Å². The Morgan fingerprint density at radius 1 is 1.00 bits per heavy atom. The van der Waals surface area contributed by atoms with E-state index in [0.29, 0.717) is 5.56 Å². The average molecular weight is 313 g/mol. The van der Waals surface area contributed by atoms with Crippen LogP contribution in [0.4, 0.5) is 0 Å². The summed E-state index contributed by atoms with van der Waals surface area (Å²) in [5.41, 5.74) is 6.59. The SMILES string of the molecule is Cc1ccc2c(oc3ccc(C)c(C#N)c32)c1-c1cccc[n+]1C. The van der Waals surface area contributed by atoms with E-state index in [1.54, 1.807) is 0 Å². The predicted octanol–water partition coefficient (Wildman–Crippen LogP) is 4.57. The summed E-state index contributed by atoms with van der Waals surface area (Å²) >= 11 is 0. The number of fused-ring (bicyclic) bond motifs is 3. The smallest absolute Gasteiger partial charge is 0.216 e. The van der Waals surface area contributed by atoms with Gasteiger partial charge < -0.3 is 4.42 Å². The number of hydrogen-bond acceptors (Lipinski definition) is 2. The summed E-state index contributed by atoms with van der Waals surface area (Å²) in [6.07, 6.45) is 2.03. The van der Waals surface area contributed by atoms with Crippen molar-refractivity contribution in [1.82, 2.24) is 0 Å². The van der Waals surface area contributed by atoms with Crippen molar-refractivity contribution in [2.24, 2.45) is 7.05 Å². The molecular weight excluding hydrogens is 296 g/mol. The summed E-state index contributed by atoms with van der Waals surface area (Å²) in [6.45, 7) is 4.05. The van der Waals surface area contributed by atoms with Gasteiger partial charge in [0.05, 0.1) is 11.1 Å². The van der Waals surface area contributed by atoms with E-state index >= 15 is 0 Å². The van der Waals surface area contributed by atoms with Crippen LogP contribution in [-0.2, 0) is 7.05 Å². The molecule has 0 amide bonds. The van der Waals surface area contributed by atoms with Gasteiger partial charge in [0.15, 0.2) is 6.20 Å². The highest BCUT2D eigenvalue weighted by Crippen LogP contribution is 2.38. The van der Waals surface area contributed by atoms with E-state index in [1.165, 1.54) is 0 Å². The number of rotatable bonds is 1. The predicted molar refractivity (Wildman–Crippen MR) is 94.5 cm³/mol. The highest BCUT2D eigenvalue weighted by atomic mass is 16.3. The molecule has 0 bridgehead atoms. The fourth-order valence-electron chi connectivity index (χ4n) is 3.38. The van der Waals surface area contributed by atoms with Crippen molar-refractivity contribution in [2.75, 3.05) is 0 Å². The Hall–Kier alpha value is -3.12. The summed E-state index contributed by atoms with van der Waals surface area (Å²) in [7, 11) is 2.03. The molecule has 0 fully saturated rings. The third kappa shape index (κ3) is 1.93. The number of aromatic nitrogens is 1. The zero-order valence-corrected chi connectivity index (χ0v) is 13.9. The molecule has 0 aliphatic rings. The van der Waals surface area contributed by atoms with E-state index < -0.39 is 0 Å². The van der Waals surface area contributed by atoms with Crippen molar-refractivity contribution in [3.63, 3.8) is 0 Å². The number of furan rings is 1. The molecular formula is C21H17N2O+. The zero-order valence-electron chi connectivity index (χ0n) is 13.9. The molecule has 0 saturated carbocycles. The van der Waals surface area contributed by atoms with Crippen molar-refractivity contribution >= 4 is 21.9 Å². The fourth-order valence-corrected chi connectivity index (χ4v) is 3.38. The number of benzene rings is 2. The molecule has 0 aliphatic heterocycles. The minimum absolute atomic E-state index is 0.693. The van der Waals surface area contributed by atoms with E-state index in [2.05, 4.69) is 35.8 Å². The van der Waals surface area contributed by atoms with Gasteiger partial charge in [-0.3, -0.25) is 0 Å². The normalized spacial score (nSPS) is 11.1. The summed E-state index contributed by atoms with van der Waals surface area (Å²) in [5, 5.41) is 11.5. The van der Waals surface area contributed by atoms with Crippen molar-refractivity contribution in [3.05, 3.63) is 65.4 Å². The van der Waals surface area contributed by atoms with Crippen LogP contribution in [0.2, 0.25) is 0 Å². The summed E-state index contributed by atoms with van der Waals surface area (Å²) < 4.78 is 8.30. The van der Waals surface area contributed by atoms with Gasteiger partial charge in [0.1, 0.15) is 24.3 Å². The largest absolute Gasteiger partial charge is 0.455 e. The summed E-state index contributed by atoms with van der Waals surface area (Å²) in [6, 6.07) is 16.5. The number of hydrogen-bond donors (Lipinski definition) is 0. The van der Waals surface area contributed by atoms with Gasteiger partial charge in [0, 0.05) is 22.9 Å². The number of pyridine rings is 1. The maximum Gasteiger partial charge on any atom is 0.216 e. The molecule has 4 aromatic rings. The first-order chi connectivity index (χ1) is 11.6. The van der Waals surface area contributed by atoms with Crippen LogP contribution >= 0.6 is 0 Å².